The second kappa shape index (κ2) is 39.5. The number of carbonyl (C=O) groups excluding carboxylic acids is 2. The molecular weight excluding hydrogens is 781 g/mol. The summed E-state index contributed by atoms with van der Waals surface area (Å²) in [5.74, 6) is 7.78. The summed E-state index contributed by atoms with van der Waals surface area (Å²) in [6.07, 6.45) is 0.832. The first-order valence-corrected chi connectivity index (χ1v) is 25.0. The van der Waals surface area contributed by atoms with Gasteiger partial charge in [0.1, 0.15) is 13.2 Å². The lowest BCUT2D eigenvalue weighted by molar-refractivity contribution is -0.210. The minimum absolute atomic E-state index is 0.0225. The molecule has 4 N–H and O–H groups in total. The fraction of sp³-hybridized carbons (Fsp3) is 0.826. The van der Waals surface area contributed by atoms with Crippen molar-refractivity contribution >= 4 is 140 Å². The maximum Gasteiger partial charge on any atom is 0.407 e. The highest BCUT2D eigenvalue weighted by molar-refractivity contribution is 8.18. The molecule has 0 aromatic rings. The molecule has 0 fully saturated rings. The SMILES string of the molecule is O=C(NCSCSC/N=C/S(=O)CCSCSCCSC(=O)NCSCSC/N=C/OOCCSCCO)OCCSCCO. The van der Waals surface area contributed by atoms with E-state index in [2.05, 4.69) is 20.6 Å². The van der Waals surface area contributed by atoms with Gasteiger partial charge in [-0.3, -0.25) is 14.0 Å². The van der Waals surface area contributed by atoms with Crippen LogP contribution in [0.5, 0.6) is 0 Å². The number of carbonyl (C=O) groups is 2. The Morgan fingerprint density at radius 3 is 2.09 bits per heavy atom. The molecule has 0 spiro atoms. The first-order valence-electron chi connectivity index (χ1n) is 13.4. The standard InChI is InChI=1S/C23H44N4O8S10/c28-1-5-36-7-3-33-22(30)26-16-42-21-41-15-25-18-45(32)12-11-39-19-38-9-10-44-23(31)27-17-43-20-40-14-24-13-35-34-4-8-37-6-2-29/h13,18,28-29H,1-12,14-17,19-21H2,(H,26,30)(H,27,31)/b24-13+,25-18+. The van der Waals surface area contributed by atoms with Crippen molar-refractivity contribution in [2.24, 2.45) is 9.98 Å². The van der Waals surface area contributed by atoms with Crippen LogP contribution >= 0.6 is 106 Å². The van der Waals surface area contributed by atoms with Gasteiger partial charge in [-0.25, -0.2) is 9.79 Å². The molecule has 22 heteroatoms. The van der Waals surface area contributed by atoms with E-state index in [1.165, 1.54) is 35.5 Å². The van der Waals surface area contributed by atoms with E-state index in [1.807, 2.05) is 0 Å². The number of ether oxygens (including phenoxy) is 1. The lowest BCUT2D eigenvalue weighted by Gasteiger charge is -2.06. The molecule has 0 rings (SSSR count). The quantitative estimate of drug-likeness (QED) is 0.0183. The van der Waals surface area contributed by atoms with E-state index in [-0.39, 0.29) is 18.5 Å². The van der Waals surface area contributed by atoms with Crippen LogP contribution in [0.15, 0.2) is 9.98 Å². The van der Waals surface area contributed by atoms with Crippen molar-refractivity contribution in [3.63, 3.8) is 0 Å². The number of thioether (sulfide) groups is 9. The summed E-state index contributed by atoms with van der Waals surface area (Å²) in [5, 5.41) is 25.3. The summed E-state index contributed by atoms with van der Waals surface area (Å²) in [5.41, 5.74) is 1.51. The number of hydrogen-bond donors (Lipinski definition) is 4. The van der Waals surface area contributed by atoms with Crippen molar-refractivity contribution in [3.05, 3.63) is 0 Å². The van der Waals surface area contributed by atoms with Crippen LogP contribution in [-0.2, 0) is 25.3 Å². The summed E-state index contributed by atoms with van der Waals surface area (Å²) in [6, 6.07) is 0. The molecule has 0 aliphatic heterocycles. The number of rotatable bonds is 33. The minimum Gasteiger partial charge on any atom is -0.449 e. The van der Waals surface area contributed by atoms with Crippen LogP contribution in [-0.4, -0.2) is 149 Å². The Morgan fingerprint density at radius 1 is 0.711 bits per heavy atom. The third-order valence-electron chi connectivity index (χ3n) is 3.98. The van der Waals surface area contributed by atoms with Crippen LogP contribution in [0.3, 0.4) is 0 Å². The van der Waals surface area contributed by atoms with Gasteiger partial charge in [-0.1, -0.05) is 11.8 Å². The van der Waals surface area contributed by atoms with Crippen molar-refractivity contribution in [3.8, 4) is 0 Å². The number of aliphatic hydroxyl groups is 2. The predicted octanol–water partition coefficient (Wildman–Crippen LogP) is 4.46. The summed E-state index contributed by atoms with van der Waals surface area (Å²) < 4.78 is 17.0. The molecule has 12 nitrogen and oxygen atoms in total. The summed E-state index contributed by atoms with van der Waals surface area (Å²) in [4.78, 5) is 41.4. The molecule has 0 bridgehead atoms. The Labute approximate surface area is 307 Å². The van der Waals surface area contributed by atoms with Crippen molar-refractivity contribution in [1.29, 1.82) is 0 Å². The van der Waals surface area contributed by atoms with E-state index in [4.69, 9.17) is 24.7 Å². The van der Waals surface area contributed by atoms with E-state index < -0.39 is 16.9 Å². The van der Waals surface area contributed by atoms with Crippen LogP contribution < -0.4 is 10.6 Å². The highest BCUT2D eigenvalue weighted by Gasteiger charge is 2.03. The second-order valence-corrected chi connectivity index (χ2v) is 19.5. The van der Waals surface area contributed by atoms with Crippen molar-refractivity contribution in [2.75, 3.05) is 111 Å². The van der Waals surface area contributed by atoms with Crippen molar-refractivity contribution in [1.82, 2.24) is 10.6 Å². The number of aliphatic imine (C=N–C) groups is 2. The zero-order valence-electron chi connectivity index (χ0n) is 24.9. The Kier molecular flexibility index (Phi) is 40.4. The monoisotopic (exact) mass is 824 g/mol. The van der Waals surface area contributed by atoms with Crippen molar-refractivity contribution in [2.45, 2.75) is 0 Å². The largest absolute Gasteiger partial charge is 0.449 e. The van der Waals surface area contributed by atoms with Gasteiger partial charge in [0.15, 0.2) is 0 Å². The van der Waals surface area contributed by atoms with E-state index in [9.17, 15) is 13.8 Å². The fourth-order valence-electron chi connectivity index (χ4n) is 2.14. The van der Waals surface area contributed by atoms with E-state index in [0.29, 0.717) is 59.7 Å². The number of aliphatic hydroxyl groups excluding tert-OH is 2. The van der Waals surface area contributed by atoms with Crippen LogP contribution in [0.25, 0.3) is 0 Å². The van der Waals surface area contributed by atoms with Gasteiger partial charge in [0.25, 0.3) is 5.24 Å². The van der Waals surface area contributed by atoms with Gasteiger partial charge in [-0.05, 0) is 0 Å². The minimum atomic E-state index is -1.08. The molecule has 0 radical (unpaired) electrons. The van der Waals surface area contributed by atoms with Gasteiger partial charge in [-0.2, -0.15) is 51.9 Å². The maximum absolute atomic E-state index is 12.0. The maximum atomic E-state index is 12.0. The van der Waals surface area contributed by atoms with Gasteiger partial charge in [0.05, 0.1) is 53.1 Å². The topological polar surface area (TPSA) is 168 Å². The second-order valence-electron chi connectivity index (χ2n) is 7.41. The zero-order valence-corrected chi connectivity index (χ0v) is 33.1. The lowest BCUT2D eigenvalue weighted by atomic mass is 10.8. The van der Waals surface area contributed by atoms with Crippen LogP contribution in [0.2, 0.25) is 0 Å². The lowest BCUT2D eigenvalue weighted by Crippen LogP contribution is -2.24. The predicted molar refractivity (Wildman–Crippen MR) is 211 cm³/mol. The van der Waals surface area contributed by atoms with Gasteiger partial charge >= 0.3 is 6.09 Å². The highest BCUT2D eigenvalue weighted by Crippen LogP contribution is 2.16. The first-order chi connectivity index (χ1) is 22.1. The number of alkyl carbamates (subject to hydrolysis) is 1. The molecule has 0 saturated heterocycles. The number of nitrogens with zero attached hydrogens (tertiary/aromatic N) is 2. The molecule has 45 heavy (non-hydrogen) atoms. The molecule has 0 aliphatic carbocycles. The third kappa shape index (κ3) is 39.4. The number of amides is 2. The van der Waals surface area contributed by atoms with Crippen LogP contribution in [0.4, 0.5) is 9.59 Å². The third-order valence-corrected chi connectivity index (χ3v) is 14.5. The molecule has 0 aliphatic rings. The first kappa shape index (κ1) is 46.1. The summed E-state index contributed by atoms with van der Waals surface area (Å²) in [7, 11) is -1.08. The molecule has 2 amide bonds. The average molecular weight is 825 g/mol. The van der Waals surface area contributed by atoms with E-state index in [0.717, 1.165) is 38.3 Å². The number of nitrogens with one attached hydrogen (secondary N) is 2. The van der Waals surface area contributed by atoms with Gasteiger partial charge in [0, 0.05) is 61.3 Å². The Morgan fingerprint density at radius 2 is 1.36 bits per heavy atom. The molecule has 0 aromatic carbocycles. The Bertz CT molecular complexity index is 781. The van der Waals surface area contributed by atoms with Gasteiger partial charge in [-0.15, -0.1) is 47.0 Å². The summed E-state index contributed by atoms with van der Waals surface area (Å²) in [6.45, 7) is 1.04. The average Bonchev–Trinajstić information content (AvgIpc) is 3.03. The molecule has 0 saturated carbocycles. The zero-order chi connectivity index (χ0) is 32.9. The smallest absolute Gasteiger partial charge is 0.407 e. The molecular formula is C23H44N4O8S10. The molecule has 0 heterocycles. The fourth-order valence-corrected chi connectivity index (χ4v) is 10.4. The van der Waals surface area contributed by atoms with Gasteiger partial charge < -0.3 is 30.5 Å². The van der Waals surface area contributed by atoms with Gasteiger partial charge in [0.2, 0.25) is 6.40 Å². The molecule has 1 unspecified atom stereocenters. The number of hydrogen-bond acceptors (Lipinski definition) is 19. The highest BCUT2D eigenvalue weighted by atomic mass is 32.2. The Balaban J connectivity index is 3.39. The van der Waals surface area contributed by atoms with E-state index >= 15 is 0 Å². The Hall–Kier alpha value is 1.06. The normalized spacial score (nSPS) is 12.1. The van der Waals surface area contributed by atoms with Crippen LogP contribution in [0, 0.1) is 0 Å². The van der Waals surface area contributed by atoms with E-state index in [1.54, 1.807) is 82.3 Å². The molecule has 0 aromatic heterocycles. The van der Waals surface area contributed by atoms with Crippen LogP contribution in [0.1, 0.15) is 0 Å². The summed E-state index contributed by atoms with van der Waals surface area (Å²) >= 11 is 14.2. The van der Waals surface area contributed by atoms with Crippen molar-refractivity contribution < 1.29 is 38.5 Å². The molecule has 1 atom stereocenters. The molecule has 264 valence electrons.